The lowest BCUT2D eigenvalue weighted by Gasteiger charge is -2.28. The smallest absolute Gasteiger partial charge is 0.260 e. The predicted molar refractivity (Wildman–Crippen MR) is 112 cm³/mol. The molecule has 2 aromatic rings. The number of amidine groups is 1. The minimum atomic E-state index is -0.130. The summed E-state index contributed by atoms with van der Waals surface area (Å²) in [4.78, 5) is 19.7. The maximum atomic E-state index is 13.2. The molecule has 0 unspecified atom stereocenters. The van der Waals surface area contributed by atoms with Gasteiger partial charge in [0.1, 0.15) is 22.9 Å². The van der Waals surface area contributed by atoms with Gasteiger partial charge in [0.2, 0.25) is 0 Å². The first-order valence-electron chi connectivity index (χ1n) is 8.96. The van der Waals surface area contributed by atoms with Gasteiger partial charge in [0.25, 0.3) is 5.91 Å². The molecule has 2 aromatic carbocycles. The van der Waals surface area contributed by atoms with Crippen LogP contribution in [0.4, 0.5) is 5.69 Å². The topological polar surface area (TPSA) is 60.4 Å². The molecule has 0 saturated carbocycles. The number of rotatable bonds is 5. The maximum Gasteiger partial charge on any atom is 0.260 e. The first kappa shape index (κ1) is 20.1. The van der Waals surface area contributed by atoms with Gasteiger partial charge in [-0.2, -0.15) is 0 Å². The molecule has 1 aliphatic heterocycles. The van der Waals surface area contributed by atoms with Crippen LogP contribution >= 0.6 is 11.8 Å². The standard InChI is InChI=1S/C21H24N2O4S/c1-14-6-7-19(27-4)18(10-14)22-21-23(8-5-9-28-21)20(24)15-11-16(25-2)13-17(12-15)26-3/h6-7,10-13H,5,8-9H2,1-4H3. The maximum absolute atomic E-state index is 13.2. The number of nitrogens with zero attached hydrogens (tertiary/aromatic N) is 2. The number of carbonyl (C=O) groups excluding carboxylic acids is 1. The molecule has 1 heterocycles. The van der Waals surface area contributed by atoms with Crippen molar-refractivity contribution in [2.75, 3.05) is 33.6 Å². The number of carbonyl (C=O) groups is 1. The zero-order valence-corrected chi connectivity index (χ0v) is 17.3. The summed E-state index contributed by atoms with van der Waals surface area (Å²) in [5.41, 5.74) is 2.30. The Kier molecular flexibility index (Phi) is 6.46. The highest BCUT2D eigenvalue weighted by Crippen LogP contribution is 2.32. The van der Waals surface area contributed by atoms with E-state index < -0.39 is 0 Å². The molecule has 0 aromatic heterocycles. The highest BCUT2D eigenvalue weighted by molar-refractivity contribution is 8.13. The van der Waals surface area contributed by atoms with Gasteiger partial charge in [-0.15, -0.1) is 0 Å². The van der Waals surface area contributed by atoms with Crippen LogP contribution < -0.4 is 14.2 Å². The Labute approximate surface area is 169 Å². The van der Waals surface area contributed by atoms with Crippen LogP contribution in [0.15, 0.2) is 41.4 Å². The molecule has 148 valence electrons. The minimum Gasteiger partial charge on any atom is -0.497 e. The fourth-order valence-corrected chi connectivity index (χ4v) is 3.87. The summed E-state index contributed by atoms with van der Waals surface area (Å²) in [5.74, 6) is 2.62. The van der Waals surface area contributed by atoms with E-state index in [1.807, 2.05) is 25.1 Å². The molecule has 1 aliphatic rings. The average molecular weight is 401 g/mol. The lowest BCUT2D eigenvalue weighted by Crippen LogP contribution is -2.39. The largest absolute Gasteiger partial charge is 0.497 e. The number of ether oxygens (including phenoxy) is 3. The van der Waals surface area contributed by atoms with Crippen molar-refractivity contribution in [1.29, 1.82) is 0 Å². The molecule has 0 spiro atoms. The molecule has 1 fully saturated rings. The highest BCUT2D eigenvalue weighted by Gasteiger charge is 2.26. The Bertz CT molecular complexity index is 876. The molecule has 1 amide bonds. The number of amides is 1. The van der Waals surface area contributed by atoms with Crippen molar-refractivity contribution < 1.29 is 19.0 Å². The Balaban J connectivity index is 1.98. The fourth-order valence-electron chi connectivity index (χ4n) is 2.92. The molecule has 0 N–H and O–H groups in total. The molecule has 0 radical (unpaired) electrons. The van der Waals surface area contributed by atoms with Gasteiger partial charge in [0.05, 0.1) is 21.3 Å². The van der Waals surface area contributed by atoms with Crippen molar-refractivity contribution in [2.24, 2.45) is 4.99 Å². The van der Waals surface area contributed by atoms with Gasteiger partial charge in [-0.05, 0) is 43.2 Å². The predicted octanol–water partition coefficient (Wildman–Crippen LogP) is 4.29. The Morgan fingerprint density at radius 1 is 1.04 bits per heavy atom. The average Bonchev–Trinajstić information content (AvgIpc) is 2.73. The van der Waals surface area contributed by atoms with Gasteiger partial charge in [-0.1, -0.05) is 17.8 Å². The zero-order chi connectivity index (χ0) is 20.1. The van der Waals surface area contributed by atoms with Crippen molar-refractivity contribution in [2.45, 2.75) is 13.3 Å². The van der Waals surface area contributed by atoms with E-state index in [-0.39, 0.29) is 5.91 Å². The van der Waals surface area contributed by atoms with Gasteiger partial charge in [0.15, 0.2) is 5.17 Å². The summed E-state index contributed by atoms with van der Waals surface area (Å²) in [6.45, 7) is 2.61. The summed E-state index contributed by atoms with van der Waals surface area (Å²) in [6.07, 6.45) is 0.904. The van der Waals surface area contributed by atoms with Crippen molar-refractivity contribution in [3.63, 3.8) is 0 Å². The summed E-state index contributed by atoms with van der Waals surface area (Å²) >= 11 is 1.57. The van der Waals surface area contributed by atoms with Crippen LogP contribution in [-0.2, 0) is 0 Å². The van der Waals surface area contributed by atoms with E-state index in [4.69, 9.17) is 19.2 Å². The van der Waals surface area contributed by atoms with E-state index in [0.29, 0.717) is 40.2 Å². The molecule has 1 saturated heterocycles. The van der Waals surface area contributed by atoms with Gasteiger partial charge >= 0.3 is 0 Å². The highest BCUT2D eigenvalue weighted by atomic mass is 32.2. The molecule has 0 atom stereocenters. The van der Waals surface area contributed by atoms with Crippen molar-refractivity contribution in [1.82, 2.24) is 4.90 Å². The van der Waals surface area contributed by atoms with Gasteiger partial charge < -0.3 is 14.2 Å². The molecule has 6 nitrogen and oxygen atoms in total. The van der Waals surface area contributed by atoms with Crippen LogP contribution in [0.2, 0.25) is 0 Å². The van der Waals surface area contributed by atoms with Crippen LogP contribution in [0.1, 0.15) is 22.3 Å². The second kappa shape index (κ2) is 9.01. The molecular weight excluding hydrogens is 376 g/mol. The number of aryl methyl sites for hydroxylation is 1. The number of hydrogen-bond donors (Lipinski definition) is 0. The molecule has 28 heavy (non-hydrogen) atoms. The van der Waals surface area contributed by atoms with Crippen molar-refractivity contribution >= 4 is 28.5 Å². The second-order valence-corrected chi connectivity index (χ2v) is 7.39. The zero-order valence-electron chi connectivity index (χ0n) is 16.5. The van der Waals surface area contributed by atoms with E-state index in [0.717, 1.165) is 17.7 Å². The first-order chi connectivity index (χ1) is 13.5. The van der Waals surface area contributed by atoms with Crippen LogP contribution in [0.5, 0.6) is 17.2 Å². The summed E-state index contributed by atoms with van der Waals surface area (Å²) in [7, 11) is 4.75. The number of aliphatic imine (C=N–C) groups is 1. The van der Waals surface area contributed by atoms with E-state index in [1.54, 1.807) is 56.2 Å². The molecular formula is C21H24N2O4S. The van der Waals surface area contributed by atoms with Crippen LogP contribution in [0, 0.1) is 6.92 Å². The Morgan fingerprint density at radius 2 is 1.75 bits per heavy atom. The fraction of sp³-hybridized carbons (Fsp3) is 0.333. The molecule has 3 rings (SSSR count). The molecule has 0 aliphatic carbocycles. The minimum absolute atomic E-state index is 0.130. The number of benzene rings is 2. The summed E-state index contributed by atoms with van der Waals surface area (Å²) < 4.78 is 16.0. The van der Waals surface area contributed by atoms with Crippen molar-refractivity contribution in [3.05, 3.63) is 47.5 Å². The number of thioether (sulfide) groups is 1. The first-order valence-corrected chi connectivity index (χ1v) is 9.95. The van der Waals surface area contributed by atoms with E-state index >= 15 is 0 Å². The van der Waals surface area contributed by atoms with Crippen LogP contribution in [-0.4, -0.2) is 49.6 Å². The summed E-state index contributed by atoms with van der Waals surface area (Å²) in [5, 5.41) is 0.668. The lowest BCUT2D eigenvalue weighted by molar-refractivity contribution is 0.0848. The van der Waals surface area contributed by atoms with Gasteiger partial charge in [0, 0.05) is 23.9 Å². The lowest BCUT2D eigenvalue weighted by atomic mass is 10.1. The van der Waals surface area contributed by atoms with E-state index in [2.05, 4.69) is 0 Å². The third kappa shape index (κ3) is 4.42. The third-order valence-electron chi connectivity index (χ3n) is 4.38. The van der Waals surface area contributed by atoms with Crippen LogP contribution in [0.3, 0.4) is 0 Å². The molecule has 0 bridgehead atoms. The third-order valence-corrected chi connectivity index (χ3v) is 5.44. The Morgan fingerprint density at radius 3 is 2.39 bits per heavy atom. The van der Waals surface area contributed by atoms with E-state index in [1.165, 1.54) is 0 Å². The summed E-state index contributed by atoms with van der Waals surface area (Å²) in [6, 6.07) is 11.0. The number of methoxy groups -OCH3 is 3. The van der Waals surface area contributed by atoms with Gasteiger partial charge in [-0.25, -0.2) is 4.99 Å². The van der Waals surface area contributed by atoms with E-state index in [9.17, 15) is 4.79 Å². The van der Waals surface area contributed by atoms with Gasteiger partial charge in [-0.3, -0.25) is 9.69 Å². The quantitative estimate of drug-likeness (QED) is 0.749. The Hall–Kier alpha value is -2.67. The number of hydrogen-bond acceptors (Lipinski definition) is 6. The second-order valence-electron chi connectivity index (χ2n) is 6.33. The normalized spacial score (nSPS) is 15.4. The SMILES string of the molecule is COc1cc(OC)cc(C(=O)N2CCCSC2=Nc2cc(C)ccc2OC)c1. The van der Waals surface area contributed by atoms with Crippen LogP contribution in [0.25, 0.3) is 0 Å². The molecule has 7 heteroatoms. The monoisotopic (exact) mass is 400 g/mol. The van der Waals surface area contributed by atoms with Crippen molar-refractivity contribution in [3.8, 4) is 17.2 Å².